The number of hydrogen-bond acceptors (Lipinski definition) is 2. The van der Waals surface area contributed by atoms with Gasteiger partial charge < -0.3 is 9.47 Å². The van der Waals surface area contributed by atoms with E-state index in [9.17, 15) is 0 Å². The first kappa shape index (κ1) is 21.0. The Labute approximate surface area is 205 Å². The lowest BCUT2D eigenvalue weighted by Crippen LogP contribution is -2.06. The van der Waals surface area contributed by atoms with Gasteiger partial charge >= 0.3 is 0 Å². The average molecular weight is 453 g/mol. The fourth-order valence-corrected chi connectivity index (χ4v) is 4.48. The van der Waals surface area contributed by atoms with E-state index in [-0.39, 0.29) is 0 Å². The van der Waals surface area contributed by atoms with Crippen molar-refractivity contribution in [3.8, 4) is 11.5 Å². The highest BCUT2D eigenvalue weighted by Gasteiger charge is 2.18. The lowest BCUT2D eigenvalue weighted by atomic mass is 9.95. The summed E-state index contributed by atoms with van der Waals surface area (Å²) in [7, 11) is 0. The van der Waals surface area contributed by atoms with Gasteiger partial charge in [0, 0.05) is 5.56 Å². The molecule has 0 N–H and O–H groups in total. The van der Waals surface area contributed by atoms with Crippen molar-refractivity contribution in [3.05, 3.63) is 167 Å². The molecule has 0 aliphatic carbocycles. The van der Waals surface area contributed by atoms with Gasteiger partial charge in [-0.25, -0.2) is 0 Å². The smallest absolute Gasteiger partial charge is 0.135 e. The van der Waals surface area contributed by atoms with E-state index in [0.29, 0.717) is 0 Å². The number of allylic oxidation sites excluding steroid dienone is 5. The summed E-state index contributed by atoms with van der Waals surface area (Å²) >= 11 is 0. The Bertz CT molecular complexity index is 1450. The number of hydrogen-bond donors (Lipinski definition) is 0. The average Bonchev–Trinajstić information content (AvgIpc) is 2.93. The van der Waals surface area contributed by atoms with Crippen molar-refractivity contribution in [1.82, 2.24) is 0 Å². The molecule has 2 heteroatoms. The molecule has 2 nitrogen and oxygen atoms in total. The van der Waals surface area contributed by atoms with Crippen molar-refractivity contribution in [2.75, 3.05) is 0 Å². The van der Waals surface area contributed by atoms with Gasteiger partial charge in [0.1, 0.15) is 23.0 Å². The van der Waals surface area contributed by atoms with E-state index < -0.39 is 0 Å². The quantitative estimate of drug-likeness (QED) is 0.312. The molecule has 6 rings (SSSR count). The molecular formula is C33H24O2. The van der Waals surface area contributed by atoms with Gasteiger partial charge in [-0.2, -0.15) is 0 Å². The predicted molar refractivity (Wildman–Crippen MR) is 142 cm³/mol. The maximum Gasteiger partial charge on any atom is 0.135 e. The van der Waals surface area contributed by atoms with Crippen LogP contribution < -0.4 is 9.47 Å². The van der Waals surface area contributed by atoms with Crippen LogP contribution >= 0.6 is 0 Å². The van der Waals surface area contributed by atoms with Crippen LogP contribution in [0.1, 0.15) is 22.3 Å². The second-order valence-corrected chi connectivity index (χ2v) is 8.56. The fraction of sp³-hybridized carbons (Fsp3) is 0.0303. The molecule has 0 amide bonds. The molecule has 35 heavy (non-hydrogen) atoms. The molecule has 4 aromatic carbocycles. The highest BCUT2D eigenvalue weighted by atomic mass is 16.5. The minimum Gasteiger partial charge on any atom is -0.457 e. The summed E-state index contributed by atoms with van der Waals surface area (Å²) < 4.78 is 12.6. The van der Waals surface area contributed by atoms with Crippen LogP contribution in [0.5, 0.6) is 11.5 Å². The van der Waals surface area contributed by atoms with Gasteiger partial charge in [0.2, 0.25) is 0 Å². The summed E-state index contributed by atoms with van der Waals surface area (Å²) in [6, 6.07) is 37.2. The largest absolute Gasteiger partial charge is 0.457 e. The maximum atomic E-state index is 6.36. The lowest BCUT2D eigenvalue weighted by Gasteiger charge is -2.21. The normalized spacial score (nSPS) is 15.0. The number of benzene rings is 4. The highest BCUT2D eigenvalue weighted by molar-refractivity contribution is 5.85. The van der Waals surface area contributed by atoms with Crippen LogP contribution in [0.4, 0.5) is 0 Å². The van der Waals surface area contributed by atoms with Gasteiger partial charge in [-0.15, -0.1) is 0 Å². The van der Waals surface area contributed by atoms with Crippen LogP contribution in [0.2, 0.25) is 0 Å². The molecular weight excluding hydrogens is 428 g/mol. The zero-order valence-electron chi connectivity index (χ0n) is 19.2. The molecule has 0 unspecified atom stereocenters. The molecule has 168 valence electrons. The van der Waals surface area contributed by atoms with Crippen LogP contribution in [0, 0.1) is 0 Å². The molecule has 0 fully saturated rings. The van der Waals surface area contributed by atoms with Crippen molar-refractivity contribution in [3.63, 3.8) is 0 Å². The Balaban J connectivity index is 1.43. The summed E-state index contributed by atoms with van der Waals surface area (Å²) in [5.74, 6) is 3.39. The van der Waals surface area contributed by atoms with E-state index in [0.717, 1.165) is 57.3 Å². The van der Waals surface area contributed by atoms with E-state index in [1.165, 1.54) is 5.56 Å². The molecule has 0 bridgehead atoms. The van der Waals surface area contributed by atoms with Crippen molar-refractivity contribution in [1.29, 1.82) is 0 Å². The fourth-order valence-electron chi connectivity index (χ4n) is 4.48. The maximum absolute atomic E-state index is 6.36. The van der Waals surface area contributed by atoms with Gasteiger partial charge in [0.25, 0.3) is 0 Å². The van der Waals surface area contributed by atoms with E-state index in [1.807, 2.05) is 48.5 Å². The van der Waals surface area contributed by atoms with Crippen LogP contribution in [0.15, 0.2) is 145 Å². The first-order valence-corrected chi connectivity index (χ1v) is 11.8. The van der Waals surface area contributed by atoms with E-state index in [1.54, 1.807) is 0 Å². The van der Waals surface area contributed by atoms with Crippen molar-refractivity contribution in [2.24, 2.45) is 0 Å². The molecule has 0 atom stereocenters. The summed E-state index contributed by atoms with van der Waals surface area (Å²) in [5, 5.41) is 0. The molecule has 2 aliphatic heterocycles. The number of rotatable bonds is 4. The Kier molecular flexibility index (Phi) is 5.62. The van der Waals surface area contributed by atoms with Gasteiger partial charge in [-0.3, -0.25) is 0 Å². The number of fused-ring (bicyclic) bond motifs is 2. The lowest BCUT2D eigenvalue weighted by molar-refractivity contribution is 0.427. The molecule has 0 saturated heterocycles. The molecule has 0 radical (unpaired) electrons. The number of ether oxygens (including phenoxy) is 2. The minimum absolute atomic E-state index is 0.787. The van der Waals surface area contributed by atoms with Gasteiger partial charge in [0.05, 0.1) is 0 Å². The van der Waals surface area contributed by atoms with Crippen molar-refractivity contribution >= 4 is 11.1 Å². The predicted octanol–water partition coefficient (Wildman–Crippen LogP) is 8.00. The standard InChI is InChI=1S/C33H24O2/c1-3-11-24(12-4-1)31(25-13-5-2-6-14-25)23-29-22-27(30-16-8-10-18-33(30)35-29)21-28-20-19-26-15-7-9-17-32(26)34-28/h1-18,20-23H,19H2. The topological polar surface area (TPSA) is 18.5 Å². The third kappa shape index (κ3) is 4.47. The van der Waals surface area contributed by atoms with Crippen molar-refractivity contribution < 1.29 is 9.47 Å². The second-order valence-electron chi connectivity index (χ2n) is 8.56. The summed E-state index contributed by atoms with van der Waals surface area (Å²) in [6.07, 6.45) is 9.32. The zero-order chi connectivity index (χ0) is 23.5. The molecule has 0 aromatic heterocycles. The Morgan fingerprint density at radius 1 is 0.600 bits per heavy atom. The van der Waals surface area contributed by atoms with Crippen molar-refractivity contribution in [2.45, 2.75) is 6.42 Å². The molecule has 2 heterocycles. The van der Waals surface area contributed by atoms with E-state index in [2.05, 4.69) is 85.0 Å². The zero-order valence-corrected chi connectivity index (χ0v) is 19.2. The minimum atomic E-state index is 0.787. The highest BCUT2D eigenvalue weighted by Crippen LogP contribution is 2.37. The first-order valence-electron chi connectivity index (χ1n) is 11.8. The SMILES string of the molecule is C1=C(C=C2C=C(C=C(c3ccccc3)c3ccccc3)Oc3ccccc32)Oc2ccccc2C1. The van der Waals surface area contributed by atoms with E-state index >= 15 is 0 Å². The van der Waals surface area contributed by atoms with Gasteiger partial charge in [0.15, 0.2) is 0 Å². The Morgan fingerprint density at radius 3 is 1.94 bits per heavy atom. The van der Waals surface area contributed by atoms with Crippen LogP contribution in [0.25, 0.3) is 11.1 Å². The number of para-hydroxylation sites is 2. The molecule has 0 saturated carbocycles. The summed E-state index contributed by atoms with van der Waals surface area (Å²) in [6.45, 7) is 0. The Morgan fingerprint density at radius 2 is 1.20 bits per heavy atom. The van der Waals surface area contributed by atoms with Crippen LogP contribution in [-0.4, -0.2) is 0 Å². The molecule has 0 spiro atoms. The second kappa shape index (κ2) is 9.36. The molecule has 2 aliphatic rings. The third-order valence-electron chi connectivity index (χ3n) is 6.20. The van der Waals surface area contributed by atoms with Crippen LogP contribution in [-0.2, 0) is 6.42 Å². The summed E-state index contributed by atoms with van der Waals surface area (Å²) in [5.41, 5.74) is 6.71. The van der Waals surface area contributed by atoms with Gasteiger partial charge in [-0.1, -0.05) is 97.1 Å². The summed E-state index contributed by atoms with van der Waals surface area (Å²) in [4.78, 5) is 0. The Hall–Kier alpha value is -4.56. The van der Waals surface area contributed by atoms with Gasteiger partial charge in [-0.05, 0) is 70.7 Å². The third-order valence-corrected chi connectivity index (χ3v) is 6.20. The monoisotopic (exact) mass is 452 g/mol. The first-order chi connectivity index (χ1) is 17.3. The van der Waals surface area contributed by atoms with E-state index in [4.69, 9.17) is 9.47 Å². The van der Waals surface area contributed by atoms with Crippen LogP contribution in [0.3, 0.4) is 0 Å². The molecule has 4 aromatic rings.